The molecule has 0 bridgehead atoms. The molecule has 70 valence electrons. The van der Waals surface area contributed by atoms with Crippen molar-refractivity contribution in [1.29, 1.82) is 0 Å². The van der Waals surface area contributed by atoms with Gasteiger partial charge in [-0.1, -0.05) is 0 Å². The van der Waals surface area contributed by atoms with Crippen LogP contribution in [0.2, 0.25) is 0 Å². The summed E-state index contributed by atoms with van der Waals surface area (Å²) in [6, 6.07) is 21.8. The van der Waals surface area contributed by atoms with Crippen LogP contribution in [-0.2, 0) is 0 Å². The van der Waals surface area contributed by atoms with E-state index in [9.17, 15) is 0 Å². The van der Waals surface area contributed by atoms with Gasteiger partial charge in [0, 0.05) is 0 Å². The van der Waals surface area contributed by atoms with Gasteiger partial charge < -0.3 is 0 Å². The molecule has 0 atom stereocenters. The molecule has 0 aliphatic heterocycles. The first kappa shape index (κ1) is 10.5. The van der Waals surface area contributed by atoms with Gasteiger partial charge in [0.25, 0.3) is 0 Å². The van der Waals surface area contributed by atoms with Crippen LogP contribution < -0.4 is 7.16 Å². The summed E-state index contributed by atoms with van der Waals surface area (Å²) in [6.07, 6.45) is 0. The van der Waals surface area contributed by atoms with E-state index in [0.717, 1.165) is 0 Å². The summed E-state index contributed by atoms with van der Waals surface area (Å²) in [7, 11) is 0. The van der Waals surface area contributed by atoms with Crippen molar-refractivity contribution < 1.29 is 0 Å². The molecular formula is C12H11ISn. The maximum absolute atomic E-state index is 2.68. The SMILES string of the molecule is [I][SnH]([c]1ccccc1)[c]1ccccc1. The zero-order valence-electron chi connectivity index (χ0n) is 7.73. The van der Waals surface area contributed by atoms with Crippen LogP contribution in [0, 0.1) is 0 Å². The van der Waals surface area contributed by atoms with E-state index in [1.54, 1.807) is 7.16 Å². The zero-order valence-corrected chi connectivity index (χ0v) is 13.2. The summed E-state index contributed by atoms with van der Waals surface area (Å²) in [5.41, 5.74) is 0. The molecule has 2 heteroatoms. The second-order valence-electron chi connectivity index (χ2n) is 3.18. The summed E-state index contributed by atoms with van der Waals surface area (Å²) in [5, 5.41) is 0. The fourth-order valence-corrected chi connectivity index (χ4v) is 11.3. The molecule has 0 fully saturated rings. The second kappa shape index (κ2) is 5.16. The fraction of sp³-hybridized carbons (Fsp3) is 0. The van der Waals surface area contributed by atoms with Crippen molar-refractivity contribution in [3.05, 3.63) is 60.7 Å². The molecule has 0 amide bonds. The molecule has 2 rings (SSSR count). The van der Waals surface area contributed by atoms with Crippen molar-refractivity contribution in [2.24, 2.45) is 0 Å². The van der Waals surface area contributed by atoms with Gasteiger partial charge in [-0.05, 0) is 0 Å². The summed E-state index contributed by atoms with van der Waals surface area (Å²) in [5.74, 6) is 0. The van der Waals surface area contributed by atoms with Crippen molar-refractivity contribution in [3.63, 3.8) is 0 Å². The Morgan fingerprint density at radius 1 is 0.643 bits per heavy atom. The van der Waals surface area contributed by atoms with Crippen LogP contribution in [0.25, 0.3) is 0 Å². The minimum atomic E-state index is -1.67. The third-order valence-corrected chi connectivity index (χ3v) is 17.4. The Balaban J connectivity index is 2.30. The molecule has 0 radical (unpaired) electrons. The molecule has 14 heavy (non-hydrogen) atoms. The molecule has 0 nitrogen and oxygen atoms in total. The van der Waals surface area contributed by atoms with Crippen molar-refractivity contribution in [2.75, 3.05) is 0 Å². The minimum absolute atomic E-state index is 1.57. The Morgan fingerprint density at radius 2 is 1.00 bits per heavy atom. The van der Waals surface area contributed by atoms with Gasteiger partial charge in [0.15, 0.2) is 0 Å². The molecule has 0 saturated carbocycles. The molecule has 0 aliphatic carbocycles. The van der Waals surface area contributed by atoms with Crippen molar-refractivity contribution in [3.8, 4) is 0 Å². The first-order valence-corrected chi connectivity index (χ1v) is 17.5. The van der Waals surface area contributed by atoms with Gasteiger partial charge in [0.05, 0.1) is 0 Å². The van der Waals surface area contributed by atoms with Crippen LogP contribution >= 0.6 is 18.6 Å². The molecule has 0 N–H and O–H groups in total. The first-order chi connectivity index (χ1) is 6.88. The van der Waals surface area contributed by atoms with Gasteiger partial charge in [-0.3, -0.25) is 0 Å². The number of hydrogen-bond donors (Lipinski definition) is 0. The molecule has 0 aliphatic rings. The number of benzene rings is 2. The second-order valence-corrected chi connectivity index (χ2v) is 17.4. The quantitative estimate of drug-likeness (QED) is 0.534. The molecule has 0 aromatic heterocycles. The monoisotopic (exact) mass is 402 g/mol. The van der Waals surface area contributed by atoms with E-state index in [4.69, 9.17) is 0 Å². The number of halogens is 1. The van der Waals surface area contributed by atoms with Crippen LogP contribution in [0.5, 0.6) is 0 Å². The standard InChI is InChI=1S/2C6H5.HI.Sn.H/c2*1-2-4-6-5-3-1;;;/h2*1-5H;1H;;/q;;;+1;/p-1. The summed E-state index contributed by atoms with van der Waals surface area (Å²) >= 11 is 1.02. The predicted molar refractivity (Wildman–Crippen MR) is 73.3 cm³/mol. The normalized spacial score (nSPS) is 10.4. The van der Waals surface area contributed by atoms with E-state index >= 15 is 0 Å². The Morgan fingerprint density at radius 3 is 1.36 bits per heavy atom. The van der Waals surface area contributed by atoms with Crippen LogP contribution in [0.4, 0.5) is 0 Å². The summed E-state index contributed by atoms with van der Waals surface area (Å²) in [4.78, 5) is 0. The van der Waals surface area contributed by atoms with Crippen LogP contribution in [-0.4, -0.2) is 15.8 Å². The Hall–Kier alpha value is -0.0313. The third kappa shape index (κ3) is 2.51. The van der Waals surface area contributed by atoms with E-state index in [-0.39, 0.29) is 0 Å². The molecule has 0 saturated heterocycles. The Labute approximate surface area is 101 Å². The third-order valence-electron chi connectivity index (χ3n) is 2.18. The van der Waals surface area contributed by atoms with Gasteiger partial charge in [0.2, 0.25) is 0 Å². The zero-order chi connectivity index (χ0) is 9.80. The molecule has 0 heterocycles. The molecular weight excluding hydrogens is 390 g/mol. The molecule has 2 aromatic carbocycles. The van der Waals surface area contributed by atoms with E-state index in [1.165, 1.54) is 0 Å². The summed E-state index contributed by atoms with van der Waals surface area (Å²) in [6.45, 7) is 0. The van der Waals surface area contributed by atoms with Crippen molar-refractivity contribution >= 4 is 41.6 Å². The van der Waals surface area contributed by atoms with E-state index in [0.29, 0.717) is 0 Å². The average molecular weight is 401 g/mol. The van der Waals surface area contributed by atoms with Gasteiger partial charge in [-0.15, -0.1) is 0 Å². The molecule has 0 unspecified atom stereocenters. The van der Waals surface area contributed by atoms with Gasteiger partial charge in [-0.2, -0.15) is 0 Å². The molecule has 0 spiro atoms. The van der Waals surface area contributed by atoms with Gasteiger partial charge >= 0.3 is 102 Å². The van der Waals surface area contributed by atoms with Crippen LogP contribution in [0.15, 0.2) is 60.7 Å². The van der Waals surface area contributed by atoms with Crippen LogP contribution in [0.3, 0.4) is 0 Å². The van der Waals surface area contributed by atoms with Crippen molar-refractivity contribution in [1.82, 2.24) is 0 Å². The van der Waals surface area contributed by atoms with Gasteiger partial charge in [-0.25, -0.2) is 0 Å². The first-order valence-electron chi connectivity index (χ1n) is 4.62. The Bertz CT molecular complexity index is 346. The van der Waals surface area contributed by atoms with E-state index < -0.39 is 15.8 Å². The van der Waals surface area contributed by atoms with E-state index in [2.05, 4.69) is 79.3 Å². The average Bonchev–Trinajstić information content (AvgIpc) is 2.30. The number of hydrogen-bond acceptors (Lipinski definition) is 0. The van der Waals surface area contributed by atoms with Gasteiger partial charge in [0.1, 0.15) is 0 Å². The van der Waals surface area contributed by atoms with Crippen molar-refractivity contribution in [2.45, 2.75) is 0 Å². The Kier molecular flexibility index (Phi) is 3.87. The predicted octanol–water partition coefficient (Wildman–Crippen LogP) is 1.96. The van der Waals surface area contributed by atoms with E-state index in [1.807, 2.05) is 0 Å². The number of rotatable bonds is 2. The molecule has 2 aromatic rings. The van der Waals surface area contributed by atoms with Crippen LogP contribution in [0.1, 0.15) is 0 Å². The fourth-order valence-electron chi connectivity index (χ4n) is 1.44. The topological polar surface area (TPSA) is 0 Å². The summed E-state index contributed by atoms with van der Waals surface area (Å²) < 4.78 is 3.14. The maximum atomic E-state index is 2.68.